The maximum Gasteiger partial charge on any atom is 0.238 e. The fraction of sp³-hybridized carbons (Fsp3) is 0.250. The normalized spacial score (nSPS) is 26.8. The molecule has 4 atom stereocenters. The Morgan fingerprint density at radius 1 is 1.29 bits per heavy atom. The molecule has 0 radical (unpaired) electrons. The molecular weight excluding hydrogens is 366 g/mol. The molecule has 1 aromatic carbocycles. The molecule has 8 heteroatoms. The van der Waals surface area contributed by atoms with Crippen molar-refractivity contribution in [1.29, 1.82) is 10.7 Å². The molecule has 1 unspecified atom stereocenters. The van der Waals surface area contributed by atoms with E-state index in [-0.39, 0.29) is 9.97 Å². The van der Waals surface area contributed by atoms with Gasteiger partial charge in [0.15, 0.2) is 0 Å². The molecule has 1 fully saturated rings. The Kier molecular flexibility index (Phi) is 4.90. The standard InChI is InChI=1S/C16H12ClN3O2S2/c17-11-5-2-1-4-9(11)13-10(8-18)16(19)24-15(14(13)20(21)22)12-6-3-7-23-12/h1-7,10,13-15,19H/t10?,13-,14-,15+/m1/s1. The summed E-state index contributed by atoms with van der Waals surface area (Å²) < 4.78 is 0. The van der Waals surface area contributed by atoms with Gasteiger partial charge in [-0.25, -0.2) is 0 Å². The van der Waals surface area contributed by atoms with Crippen LogP contribution in [-0.4, -0.2) is 16.0 Å². The number of halogens is 1. The van der Waals surface area contributed by atoms with Crippen molar-refractivity contribution in [3.63, 3.8) is 0 Å². The molecular formula is C16H12ClN3O2S2. The SMILES string of the molecule is N#CC1C(=N)S[C@@H](c2cccs2)[C@H]([N+](=O)[O-])[C@@H]1c1ccccc1Cl. The molecule has 1 aromatic heterocycles. The Morgan fingerprint density at radius 2 is 2.04 bits per heavy atom. The van der Waals surface area contributed by atoms with Gasteiger partial charge in [0.1, 0.15) is 11.2 Å². The number of nitrogens with zero attached hydrogens (tertiary/aromatic N) is 2. The largest absolute Gasteiger partial charge is 0.297 e. The third kappa shape index (κ3) is 2.93. The first-order valence-electron chi connectivity index (χ1n) is 7.10. The minimum Gasteiger partial charge on any atom is -0.297 e. The van der Waals surface area contributed by atoms with Crippen LogP contribution in [0.1, 0.15) is 21.6 Å². The molecule has 5 nitrogen and oxygen atoms in total. The number of rotatable bonds is 3. The third-order valence-corrected chi connectivity index (χ3v) is 6.79. The highest BCUT2D eigenvalue weighted by Gasteiger charge is 2.52. The molecule has 3 rings (SSSR count). The van der Waals surface area contributed by atoms with Crippen LogP contribution in [0.25, 0.3) is 0 Å². The summed E-state index contributed by atoms with van der Waals surface area (Å²) in [6.07, 6.45) is 0. The minimum atomic E-state index is -1.02. The van der Waals surface area contributed by atoms with Gasteiger partial charge in [-0.15, -0.1) is 11.3 Å². The Labute approximate surface area is 151 Å². The fourth-order valence-corrected chi connectivity index (χ4v) is 5.54. The van der Waals surface area contributed by atoms with Gasteiger partial charge in [-0.2, -0.15) is 5.26 Å². The zero-order valence-corrected chi connectivity index (χ0v) is 14.6. The molecule has 0 saturated carbocycles. The lowest BCUT2D eigenvalue weighted by molar-refractivity contribution is -0.527. The van der Waals surface area contributed by atoms with E-state index in [2.05, 4.69) is 6.07 Å². The first kappa shape index (κ1) is 17.0. The van der Waals surface area contributed by atoms with Gasteiger partial charge in [-0.1, -0.05) is 47.6 Å². The third-order valence-electron chi connectivity index (χ3n) is 4.04. The number of benzene rings is 1. The summed E-state index contributed by atoms with van der Waals surface area (Å²) in [6.45, 7) is 0. The summed E-state index contributed by atoms with van der Waals surface area (Å²) in [5.74, 6) is -1.62. The van der Waals surface area contributed by atoms with Gasteiger partial charge in [0.2, 0.25) is 6.04 Å². The topological polar surface area (TPSA) is 90.8 Å². The number of thiophene rings is 1. The molecule has 0 spiro atoms. The molecule has 1 aliphatic heterocycles. The molecule has 1 N–H and O–H groups in total. The predicted molar refractivity (Wildman–Crippen MR) is 96.5 cm³/mol. The van der Waals surface area contributed by atoms with Crippen LogP contribution in [0, 0.1) is 32.8 Å². The lowest BCUT2D eigenvalue weighted by Gasteiger charge is -2.35. The molecule has 2 heterocycles. The van der Waals surface area contributed by atoms with Crippen molar-refractivity contribution in [2.45, 2.75) is 17.2 Å². The zero-order valence-electron chi connectivity index (χ0n) is 12.3. The lowest BCUT2D eigenvalue weighted by Crippen LogP contribution is -2.42. The van der Waals surface area contributed by atoms with Crippen molar-refractivity contribution in [3.8, 4) is 6.07 Å². The highest BCUT2D eigenvalue weighted by molar-refractivity contribution is 8.14. The molecule has 1 saturated heterocycles. The van der Waals surface area contributed by atoms with Crippen LogP contribution >= 0.6 is 34.7 Å². The molecule has 0 aliphatic carbocycles. The van der Waals surface area contributed by atoms with Crippen LogP contribution in [0.4, 0.5) is 0 Å². The van der Waals surface area contributed by atoms with E-state index in [1.165, 1.54) is 11.3 Å². The van der Waals surface area contributed by atoms with Crippen molar-refractivity contribution in [2.24, 2.45) is 5.92 Å². The van der Waals surface area contributed by atoms with Gasteiger partial charge >= 0.3 is 0 Å². The summed E-state index contributed by atoms with van der Waals surface area (Å²) in [4.78, 5) is 12.4. The minimum absolute atomic E-state index is 0.152. The van der Waals surface area contributed by atoms with Crippen LogP contribution in [-0.2, 0) is 0 Å². The number of nitriles is 1. The van der Waals surface area contributed by atoms with Crippen molar-refractivity contribution in [2.75, 3.05) is 0 Å². The fourth-order valence-electron chi connectivity index (χ4n) is 3.00. The van der Waals surface area contributed by atoms with E-state index < -0.39 is 23.1 Å². The second-order valence-electron chi connectivity index (χ2n) is 5.35. The van der Waals surface area contributed by atoms with Crippen LogP contribution in [0.3, 0.4) is 0 Å². The van der Waals surface area contributed by atoms with Gasteiger partial charge in [0.05, 0.1) is 17.0 Å². The van der Waals surface area contributed by atoms with Crippen LogP contribution in [0.15, 0.2) is 41.8 Å². The van der Waals surface area contributed by atoms with Crippen molar-refractivity contribution in [1.82, 2.24) is 0 Å². The van der Waals surface area contributed by atoms with Crippen molar-refractivity contribution < 1.29 is 4.92 Å². The first-order valence-corrected chi connectivity index (χ1v) is 9.24. The molecule has 0 bridgehead atoms. The van der Waals surface area contributed by atoms with Crippen LogP contribution in [0.5, 0.6) is 0 Å². The number of hydrogen-bond donors (Lipinski definition) is 1. The summed E-state index contributed by atoms with van der Waals surface area (Å²) in [5, 5.41) is 31.6. The van der Waals surface area contributed by atoms with Crippen LogP contribution in [0.2, 0.25) is 5.02 Å². The average molecular weight is 378 g/mol. The van der Waals surface area contributed by atoms with Gasteiger partial charge in [-0.05, 0) is 23.1 Å². The van der Waals surface area contributed by atoms with E-state index in [9.17, 15) is 15.4 Å². The van der Waals surface area contributed by atoms with E-state index in [1.54, 1.807) is 24.3 Å². The van der Waals surface area contributed by atoms with Gasteiger partial charge in [0.25, 0.3) is 0 Å². The maximum atomic E-state index is 11.9. The molecule has 0 amide bonds. The van der Waals surface area contributed by atoms with Gasteiger partial charge in [-0.3, -0.25) is 15.5 Å². The zero-order chi connectivity index (χ0) is 17.3. The lowest BCUT2D eigenvalue weighted by atomic mass is 9.79. The Hall–Kier alpha value is -1.88. The number of thioether (sulfide) groups is 1. The van der Waals surface area contributed by atoms with E-state index in [4.69, 9.17) is 17.0 Å². The number of hydrogen-bond acceptors (Lipinski definition) is 6. The van der Waals surface area contributed by atoms with Crippen molar-refractivity contribution in [3.05, 3.63) is 67.4 Å². The summed E-state index contributed by atoms with van der Waals surface area (Å²) in [7, 11) is 0. The second kappa shape index (κ2) is 6.93. The monoisotopic (exact) mass is 377 g/mol. The highest BCUT2D eigenvalue weighted by Crippen LogP contribution is 2.51. The molecule has 122 valence electrons. The smallest absolute Gasteiger partial charge is 0.238 e. The summed E-state index contributed by atoms with van der Waals surface area (Å²) in [6, 6.07) is 11.6. The second-order valence-corrected chi connectivity index (χ2v) is 7.92. The maximum absolute atomic E-state index is 11.9. The molecule has 24 heavy (non-hydrogen) atoms. The van der Waals surface area contributed by atoms with E-state index in [1.807, 2.05) is 17.5 Å². The quantitative estimate of drug-likeness (QED) is 0.618. The van der Waals surface area contributed by atoms with E-state index >= 15 is 0 Å². The summed E-state index contributed by atoms with van der Waals surface area (Å²) >= 11 is 8.79. The van der Waals surface area contributed by atoms with Crippen LogP contribution < -0.4 is 0 Å². The summed E-state index contributed by atoms with van der Waals surface area (Å²) in [5.41, 5.74) is 0.555. The first-order chi connectivity index (χ1) is 11.5. The average Bonchev–Trinajstić information content (AvgIpc) is 3.08. The highest BCUT2D eigenvalue weighted by atomic mass is 35.5. The van der Waals surface area contributed by atoms with E-state index in [0.717, 1.165) is 16.6 Å². The number of nitrogens with one attached hydrogen (secondary N) is 1. The Bertz CT molecular complexity index is 819. The van der Waals surface area contributed by atoms with Gasteiger partial charge < -0.3 is 0 Å². The number of nitro groups is 1. The Balaban J connectivity index is 2.16. The Morgan fingerprint density at radius 3 is 2.62 bits per heavy atom. The molecule has 2 aromatic rings. The van der Waals surface area contributed by atoms with E-state index in [0.29, 0.717) is 10.6 Å². The predicted octanol–water partition coefficient (Wildman–Crippen LogP) is 4.74. The van der Waals surface area contributed by atoms with Gasteiger partial charge in [0, 0.05) is 14.8 Å². The van der Waals surface area contributed by atoms with Crippen molar-refractivity contribution >= 4 is 39.7 Å². The molecule has 1 aliphatic rings.